The summed E-state index contributed by atoms with van der Waals surface area (Å²) < 4.78 is 1.47. The van der Waals surface area contributed by atoms with Gasteiger partial charge in [-0.1, -0.05) is 0 Å². The van der Waals surface area contributed by atoms with Crippen molar-refractivity contribution in [1.29, 1.82) is 0 Å². The molecule has 0 spiro atoms. The average Bonchev–Trinajstić information content (AvgIpc) is 2.55. The molecule has 2 nitrogen and oxygen atoms in total. The molecule has 0 atom stereocenters. The Kier molecular flexibility index (Phi) is 7.06. The van der Waals surface area contributed by atoms with E-state index in [2.05, 4.69) is 35.6 Å². The second kappa shape index (κ2) is 9.38. The Morgan fingerprint density at radius 1 is 0.857 bits per heavy atom. The summed E-state index contributed by atoms with van der Waals surface area (Å²) >= 11 is 0.592. The van der Waals surface area contributed by atoms with Crippen LogP contribution in [-0.4, -0.2) is 27.4 Å². The van der Waals surface area contributed by atoms with Gasteiger partial charge in [-0.05, 0) is 0 Å². The first-order valence-corrected chi connectivity index (χ1v) is 9.44. The van der Waals surface area contributed by atoms with Gasteiger partial charge in [-0.15, -0.1) is 0 Å². The van der Waals surface area contributed by atoms with E-state index in [-0.39, 0.29) is 5.91 Å². The Morgan fingerprint density at radius 2 is 1.52 bits per heavy atom. The van der Waals surface area contributed by atoms with E-state index in [1.807, 2.05) is 30.3 Å². The molecule has 0 saturated carbocycles. The van der Waals surface area contributed by atoms with E-state index in [0.29, 0.717) is 15.0 Å². The Hall–Kier alpha value is -1.57. The van der Waals surface area contributed by atoms with Crippen molar-refractivity contribution in [3.63, 3.8) is 0 Å². The first-order chi connectivity index (χ1) is 10.4. The third-order valence-corrected chi connectivity index (χ3v) is 5.46. The molecule has 0 aliphatic heterocycles. The number of unbranched alkanes of at least 4 members (excludes halogenated alkanes) is 2. The quantitative estimate of drug-likeness (QED) is 0.578. The molecule has 110 valence electrons. The van der Waals surface area contributed by atoms with E-state index in [0.717, 1.165) is 18.5 Å². The van der Waals surface area contributed by atoms with Crippen LogP contribution in [0.5, 0.6) is 0 Å². The third kappa shape index (κ3) is 6.15. The molecule has 21 heavy (non-hydrogen) atoms. The van der Waals surface area contributed by atoms with Gasteiger partial charge in [0, 0.05) is 0 Å². The van der Waals surface area contributed by atoms with Gasteiger partial charge in [0.05, 0.1) is 0 Å². The minimum absolute atomic E-state index is 0.0316. The van der Waals surface area contributed by atoms with Gasteiger partial charge in [0.1, 0.15) is 0 Å². The van der Waals surface area contributed by atoms with E-state index in [1.54, 1.807) is 0 Å². The second-order valence-corrected chi connectivity index (χ2v) is 7.30. The van der Waals surface area contributed by atoms with Crippen LogP contribution in [0, 0.1) is 0 Å². The number of carbonyl (C=O) groups excluding carboxylic acids is 1. The summed E-state index contributed by atoms with van der Waals surface area (Å²) in [7, 11) is 0. The van der Waals surface area contributed by atoms with Crippen molar-refractivity contribution < 1.29 is 4.79 Å². The summed E-state index contributed by atoms with van der Waals surface area (Å²) in [5.41, 5.74) is 0.741. The molecule has 3 heteroatoms. The number of hydrogen-bond donors (Lipinski definition) is 1. The monoisotopic (exact) mass is 347 g/mol. The normalized spacial score (nSPS) is 10.3. The summed E-state index contributed by atoms with van der Waals surface area (Å²) in [5.74, 6) is 0.0316. The van der Waals surface area contributed by atoms with Crippen LogP contribution in [0.2, 0.25) is 5.32 Å². The van der Waals surface area contributed by atoms with Crippen LogP contribution >= 0.6 is 0 Å². The van der Waals surface area contributed by atoms with Gasteiger partial charge in [-0.25, -0.2) is 0 Å². The maximum absolute atomic E-state index is 11.8. The zero-order chi connectivity index (χ0) is 14.8. The van der Waals surface area contributed by atoms with Crippen LogP contribution in [0.15, 0.2) is 60.7 Å². The van der Waals surface area contributed by atoms with Gasteiger partial charge >= 0.3 is 133 Å². The first-order valence-electron chi connectivity index (χ1n) is 7.37. The standard InChI is InChI=1S/C18H21NOSe/c20-18(16-10-4-1-5-11-16)19-14-8-3-9-15-21-17-12-6-2-7-13-17/h1-2,4-7,10-13H,3,8-9,14-15H2,(H,19,20). The molecular weight excluding hydrogens is 325 g/mol. The van der Waals surface area contributed by atoms with Crippen molar-refractivity contribution >= 4 is 25.3 Å². The maximum atomic E-state index is 11.8. The molecular formula is C18H21NOSe. The summed E-state index contributed by atoms with van der Waals surface area (Å²) in [6.45, 7) is 0.770. The molecule has 0 aliphatic rings. The van der Waals surface area contributed by atoms with E-state index in [9.17, 15) is 4.79 Å². The van der Waals surface area contributed by atoms with Gasteiger partial charge in [-0.2, -0.15) is 0 Å². The molecule has 1 amide bonds. The number of benzene rings is 2. The first kappa shape index (κ1) is 15.8. The van der Waals surface area contributed by atoms with Crippen LogP contribution in [0.4, 0.5) is 0 Å². The Balaban J connectivity index is 1.51. The molecule has 0 fully saturated rings. The fraction of sp³-hybridized carbons (Fsp3) is 0.278. The van der Waals surface area contributed by atoms with Gasteiger partial charge in [0.25, 0.3) is 0 Å². The predicted molar refractivity (Wildman–Crippen MR) is 89.3 cm³/mol. The van der Waals surface area contributed by atoms with Gasteiger partial charge < -0.3 is 0 Å². The molecule has 0 unspecified atom stereocenters. The predicted octanol–water partition coefficient (Wildman–Crippen LogP) is 3.03. The summed E-state index contributed by atoms with van der Waals surface area (Å²) in [5, 5.41) is 4.26. The third-order valence-electron chi connectivity index (χ3n) is 3.15. The molecule has 2 rings (SSSR count). The van der Waals surface area contributed by atoms with Crippen LogP contribution in [-0.2, 0) is 0 Å². The van der Waals surface area contributed by atoms with Gasteiger partial charge in [0.2, 0.25) is 0 Å². The minimum atomic E-state index is 0.0316. The molecule has 2 aromatic carbocycles. The van der Waals surface area contributed by atoms with Crippen molar-refractivity contribution in [1.82, 2.24) is 5.32 Å². The van der Waals surface area contributed by atoms with E-state index >= 15 is 0 Å². The van der Waals surface area contributed by atoms with Crippen molar-refractivity contribution in [2.45, 2.75) is 24.6 Å². The van der Waals surface area contributed by atoms with Crippen molar-refractivity contribution in [3.05, 3.63) is 66.2 Å². The molecule has 2 aromatic rings. The van der Waals surface area contributed by atoms with Gasteiger partial charge in [-0.3, -0.25) is 0 Å². The number of carbonyl (C=O) groups is 1. The SMILES string of the molecule is O=C(NCCCCC[Se]c1ccccc1)c1ccccc1. The van der Waals surface area contributed by atoms with E-state index < -0.39 is 0 Å². The molecule has 0 radical (unpaired) electrons. The Bertz CT molecular complexity index is 527. The van der Waals surface area contributed by atoms with Crippen LogP contribution in [0.25, 0.3) is 0 Å². The number of nitrogens with one attached hydrogen (secondary N) is 1. The Labute approximate surface area is 133 Å². The molecule has 1 N–H and O–H groups in total. The molecule has 0 heterocycles. The van der Waals surface area contributed by atoms with Crippen molar-refractivity contribution in [3.8, 4) is 0 Å². The van der Waals surface area contributed by atoms with Crippen molar-refractivity contribution in [2.24, 2.45) is 0 Å². The van der Waals surface area contributed by atoms with Gasteiger partial charge in [0.15, 0.2) is 0 Å². The molecule has 0 aliphatic carbocycles. The summed E-state index contributed by atoms with van der Waals surface area (Å²) in [4.78, 5) is 11.8. The Morgan fingerprint density at radius 3 is 2.24 bits per heavy atom. The molecule has 0 bridgehead atoms. The fourth-order valence-electron chi connectivity index (χ4n) is 2.00. The van der Waals surface area contributed by atoms with Crippen LogP contribution in [0.3, 0.4) is 0 Å². The van der Waals surface area contributed by atoms with E-state index in [1.165, 1.54) is 22.6 Å². The number of rotatable bonds is 8. The average molecular weight is 346 g/mol. The van der Waals surface area contributed by atoms with Crippen molar-refractivity contribution in [2.75, 3.05) is 6.54 Å². The fourth-order valence-corrected chi connectivity index (χ4v) is 3.96. The number of amides is 1. The summed E-state index contributed by atoms with van der Waals surface area (Å²) in [6, 6.07) is 20.1. The zero-order valence-corrected chi connectivity index (χ0v) is 13.8. The molecule has 0 saturated heterocycles. The molecule has 0 aromatic heterocycles. The van der Waals surface area contributed by atoms with Crippen LogP contribution < -0.4 is 9.78 Å². The number of hydrogen-bond acceptors (Lipinski definition) is 1. The zero-order valence-electron chi connectivity index (χ0n) is 12.1. The topological polar surface area (TPSA) is 29.1 Å². The summed E-state index contributed by atoms with van der Waals surface area (Å²) in [6.07, 6.45) is 3.49. The second-order valence-electron chi connectivity index (χ2n) is 4.84. The van der Waals surface area contributed by atoms with E-state index in [4.69, 9.17) is 0 Å². The van der Waals surface area contributed by atoms with Crippen LogP contribution in [0.1, 0.15) is 29.6 Å².